The van der Waals surface area contributed by atoms with Gasteiger partial charge in [-0.2, -0.15) is 0 Å². The second-order valence-corrected chi connectivity index (χ2v) is 5.30. The van der Waals surface area contributed by atoms with Crippen LogP contribution in [0.1, 0.15) is 0 Å². The summed E-state index contributed by atoms with van der Waals surface area (Å²) >= 11 is 1.80. The Labute approximate surface area is 109 Å². The molecule has 0 saturated carbocycles. The van der Waals surface area contributed by atoms with Gasteiger partial charge in [-0.3, -0.25) is 0 Å². The zero-order valence-corrected chi connectivity index (χ0v) is 10.5. The van der Waals surface area contributed by atoms with Crippen LogP contribution in [0.25, 0.3) is 32.2 Å². The molecule has 4 aromatic rings. The first-order valence-corrected chi connectivity index (χ1v) is 6.84. The Balaban J connectivity index is 2.01. The predicted molar refractivity (Wildman–Crippen MR) is 79.1 cm³/mol. The van der Waals surface area contributed by atoms with Crippen LogP contribution >= 0.6 is 11.3 Å². The maximum atomic E-state index is 3.50. The van der Waals surface area contributed by atoms with Crippen LogP contribution < -0.4 is 0 Å². The summed E-state index contributed by atoms with van der Waals surface area (Å²) < 4.78 is 0. The van der Waals surface area contributed by atoms with Gasteiger partial charge in [0.25, 0.3) is 0 Å². The summed E-state index contributed by atoms with van der Waals surface area (Å²) in [5.41, 5.74) is 2.41. The average molecular weight is 249 g/mol. The number of fused-ring (bicyclic) bond motifs is 2. The normalized spacial score (nSPS) is 11.3. The van der Waals surface area contributed by atoms with E-state index >= 15 is 0 Å². The lowest BCUT2D eigenvalue weighted by Gasteiger charge is -1.94. The van der Waals surface area contributed by atoms with Crippen LogP contribution in [-0.2, 0) is 0 Å². The van der Waals surface area contributed by atoms with Crippen molar-refractivity contribution in [1.29, 1.82) is 0 Å². The summed E-state index contributed by atoms with van der Waals surface area (Å²) in [5.74, 6) is 0. The van der Waals surface area contributed by atoms with E-state index < -0.39 is 0 Å². The first-order valence-electron chi connectivity index (χ1n) is 5.96. The number of rotatable bonds is 1. The summed E-state index contributed by atoms with van der Waals surface area (Å²) in [7, 11) is 0. The van der Waals surface area contributed by atoms with Gasteiger partial charge in [-0.05, 0) is 22.9 Å². The Morgan fingerprint density at radius 3 is 2.50 bits per heavy atom. The Morgan fingerprint density at radius 1 is 0.833 bits per heavy atom. The molecule has 0 aliphatic carbocycles. The van der Waals surface area contributed by atoms with Gasteiger partial charge in [-0.1, -0.05) is 42.5 Å². The van der Waals surface area contributed by atoms with Crippen molar-refractivity contribution in [2.24, 2.45) is 0 Å². The third kappa shape index (κ3) is 1.39. The maximum absolute atomic E-state index is 3.50. The minimum absolute atomic E-state index is 1.20. The van der Waals surface area contributed by atoms with Crippen molar-refractivity contribution in [2.45, 2.75) is 0 Å². The van der Waals surface area contributed by atoms with Crippen LogP contribution in [0.15, 0.2) is 60.0 Å². The van der Waals surface area contributed by atoms with Crippen molar-refractivity contribution in [3.63, 3.8) is 0 Å². The highest BCUT2D eigenvalue weighted by Crippen LogP contribution is 2.35. The van der Waals surface area contributed by atoms with E-state index in [-0.39, 0.29) is 0 Å². The van der Waals surface area contributed by atoms with E-state index in [9.17, 15) is 0 Å². The number of aromatic nitrogens is 1. The molecule has 0 spiro atoms. The van der Waals surface area contributed by atoms with Crippen molar-refractivity contribution in [3.05, 3.63) is 60.0 Å². The van der Waals surface area contributed by atoms with Gasteiger partial charge in [0.05, 0.1) is 10.6 Å². The molecular weight excluding hydrogens is 238 g/mol. The van der Waals surface area contributed by atoms with Gasteiger partial charge in [0.2, 0.25) is 0 Å². The zero-order valence-electron chi connectivity index (χ0n) is 9.68. The molecule has 2 aromatic heterocycles. The fourth-order valence-electron chi connectivity index (χ4n) is 2.40. The lowest BCUT2D eigenvalue weighted by atomic mass is 10.1. The highest BCUT2D eigenvalue weighted by atomic mass is 32.1. The molecule has 2 aromatic carbocycles. The Morgan fingerprint density at radius 2 is 1.61 bits per heavy atom. The minimum atomic E-state index is 1.20. The highest BCUT2D eigenvalue weighted by molar-refractivity contribution is 7.15. The van der Waals surface area contributed by atoms with E-state index in [0.29, 0.717) is 0 Å². The standard InChI is InChI=1S/C16H11NS/c1-3-7-13-12(6-1)10-18-16(13)15-9-11-5-2-4-8-14(11)17-15/h1-10,17H. The molecule has 1 nitrogen and oxygen atoms in total. The monoisotopic (exact) mass is 249 g/mol. The molecule has 0 unspecified atom stereocenters. The molecule has 2 heteroatoms. The van der Waals surface area contributed by atoms with Crippen LogP contribution in [0.3, 0.4) is 0 Å². The van der Waals surface area contributed by atoms with Crippen molar-refractivity contribution in [3.8, 4) is 10.6 Å². The maximum Gasteiger partial charge on any atom is 0.0584 e. The smallest absolute Gasteiger partial charge is 0.0584 e. The van der Waals surface area contributed by atoms with Gasteiger partial charge in [-0.25, -0.2) is 0 Å². The van der Waals surface area contributed by atoms with Gasteiger partial charge in [-0.15, -0.1) is 11.3 Å². The lowest BCUT2D eigenvalue weighted by Crippen LogP contribution is -1.72. The minimum Gasteiger partial charge on any atom is -0.354 e. The van der Waals surface area contributed by atoms with Crippen LogP contribution in [0.2, 0.25) is 0 Å². The molecule has 0 radical (unpaired) electrons. The average Bonchev–Trinajstić information content (AvgIpc) is 3.02. The summed E-state index contributed by atoms with van der Waals surface area (Å²) in [6.07, 6.45) is 0. The molecule has 1 N–H and O–H groups in total. The summed E-state index contributed by atoms with van der Waals surface area (Å²) in [5, 5.41) is 6.13. The van der Waals surface area contributed by atoms with Crippen molar-refractivity contribution < 1.29 is 0 Å². The van der Waals surface area contributed by atoms with E-state index in [0.717, 1.165) is 0 Å². The molecule has 18 heavy (non-hydrogen) atoms. The van der Waals surface area contributed by atoms with Crippen LogP contribution in [0.4, 0.5) is 0 Å². The molecule has 0 bridgehead atoms. The highest BCUT2D eigenvalue weighted by Gasteiger charge is 2.08. The summed E-state index contributed by atoms with van der Waals surface area (Å²) in [6.45, 7) is 0. The molecule has 0 amide bonds. The third-order valence-electron chi connectivity index (χ3n) is 3.28. The third-order valence-corrected chi connectivity index (χ3v) is 4.33. The Hall–Kier alpha value is -2.06. The van der Waals surface area contributed by atoms with Gasteiger partial charge in [0.1, 0.15) is 0 Å². The topological polar surface area (TPSA) is 15.8 Å². The van der Waals surface area contributed by atoms with Gasteiger partial charge >= 0.3 is 0 Å². The molecule has 0 fully saturated rings. The zero-order chi connectivity index (χ0) is 11.9. The number of hydrogen-bond acceptors (Lipinski definition) is 1. The van der Waals surface area contributed by atoms with E-state index in [1.807, 2.05) is 0 Å². The van der Waals surface area contributed by atoms with Crippen LogP contribution in [-0.4, -0.2) is 4.98 Å². The molecular formula is C16H11NS. The fraction of sp³-hybridized carbons (Fsp3) is 0. The van der Waals surface area contributed by atoms with Crippen molar-refractivity contribution >= 4 is 33.0 Å². The van der Waals surface area contributed by atoms with Crippen LogP contribution in [0.5, 0.6) is 0 Å². The second kappa shape index (κ2) is 3.72. The largest absolute Gasteiger partial charge is 0.354 e. The quantitative estimate of drug-likeness (QED) is 0.486. The molecule has 0 saturated heterocycles. The Kier molecular flexibility index (Phi) is 2.05. The molecule has 86 valence electrons. The summed E-state index contributed by atoms with van der Waals surface area (Å²) in [4.78, 5) is 4.82. The number of benzene rings is 2. The van der Waals surface area contributed by atoms with E-state index in [1.54, 1.807) is 11.3 Å². The van der Waals surface area contributed by atoms with Gasteiger partial charge in [0, 0.05) is 16.3 Å². The number of nitrogens with one attached hydrogen (secondary N) is 1. The molecule has 0 aliphatic heterocycles. The van der Waals surface area contributed by atoms with Crippen LogP contribution in [0, 0.1) is 0 Å². The number of H-pyrrole nitrogens is 1. The first-order chi connectivity index (χ1) is 8.92. The summed E-state index contributed by atoms with van der Waals surface area (Å²) in [6, 6.07) is 19.2. The van der Waals surface area contributed by atoms with E-state index in [2.05, 4.69) is 65.0 Å². The van der Waals surface area contributed by atoms with E-state index in [1.165, 1.54) is 32.2 Å². The van der Waals surface area contributed by atoms with Crippen molar-refractivity contribution in [1.82, 2.24) is 4.98 Å². The van der Waals surface area contributed by atoms with Crippen molar-refractivity contribution in [2.75, 3.05) is 0 Å². The number of thiophene rings is 1. The molecule has 0 atom stereocenters. The molecule has 0 aliphatic rings. The number of para-hydroxylation sites is 1. The second-order valence-electron chi connectivity index (χ2n) is 4.42. The lowest BCUT2D eigenvalue weighted by molar-refractivity contribution is 1.49. The predicted octanol–water partition coefficient (Wildman–Crippen LogP) is 5.05. The number of aromatic amines is 1. The van der Waals surface area contributed by atoms with Gasteiger partial charge in [0.15, 0.2) is 0 Å². The molecule has 2 heterocycles. The number of hydrogen-bond donors (Lipinski definition) is 1. The first kappa shape index (κ1) is 9.92. The fourth-order valence-corrected chi connectivity index (χ4v) is 3.40. The van der Waals surface area contributed by atoms with E-state index in [4.69, 9.17) is 0 Å². The SMILES string of the molecule is c1ccc2[nH]c(-c3scc4ccccc34)cc2c1. The Bertz CT molecular complexity index is 805. The molecule has 4 rings (SSSR count). The van der Waals surface area contributed by atoms with Gasteiger partial charge < -0.3 is 4.98 Å².